The van der Waals surface area contributed by atoms with Gasteiger partial charge in [0.1, 0.15) is 12.3 Å². The molecule has 6 nitrogen and oxygen atoms in total. The summed E-state index contributed by atoms with van der Waals surface area (Å²) in [5.41, 5.74) is 1.25. The predicted molar refractivity (Wildman–Crippen MR) is 84.1 cm³/mol. The SMILES string of the molecule is O=[N+]([O-])c1c(NCCCO)cccc1OCc1ccccc1. The molecule has 0 aliphatic rings. The summed E-state index contributed by atoms with van der Waals surface area (Å²) in [6.45, 7) is 0.756. The molecule has 0 aliphatic carbocycles. The summed E-state index contributed by atoms with van der Waals surface area (Å²) in [5.74, 6) is 0.225. The van der Waals surface area contributed by atoms with E-state index < -0.39 is 4.92 Å². The average molecular weight is 302 g/mol. The molecule has 0 atom stereocenters. The van der Waals surface area contributed by atoms with Gasteiger partial charge in [-0.2, -0.15) is 0 Å². The molecule has 0 fully saturated rings. The Balaban J connectivity index is 2.15. The number of nitrogens with one attached hydrogen (secondary N) is 1. The molecule has 0 bridgehead atoms. The maximum absolute atomic E-state index is 11.3. The summed E-state index contributed by atoms with van der Waals surface area (Å²) in [4.78, 5) is 10.9. The molecule has 2 rings (SSSR count). The smallest absolute Gasteiger partial charge is 0.333 e. The Kier molecular flexibility index (Phi) is 5.73. The number of anilines is 1. The summed E-state index contributed by atoms with van der Waals surface area (Å²) in [7, 11) is 0. The minimum Gasteiger partial charge on any atom is -0.482 e. The van der Waals surface area contributed by atoms with Crippen LogP contribution in [0.1, 0.15) is 12.0 Å². The molecule has 0 heterocycles. The lowest BCUT2D eigenvalue weighted by molar-refractivity contribution is -0.385. The first kappa shape index (κ1) is 15.8. The van der Waals surface area contributed by atoms with Crippen LogP contribution in [-0.4, -0.2) is 23.2 Å². The third-order valence-corrected chi connectivity index (χ3v) is 3.07. The molecule has 22 heavy (non-hydrogen) atoms. The Labute approximate surface area is 128 Å². The zero-order valence-corrected chi connectivity index (χ0v) is 12.1. The number of benzene rings is 2. The Hall–Kier alpha value is -2.60. The minimum atomic E-state index is -0.457. The van der Waals surface area contributed by atoms with E-state index in [0.717, 1.165) is 5.56 Å². The van der Waals surface area contributed by atoms with Gasteiger partial charge in [-0.15, -0.1) is 0 Å². The quantitative estimate of drug-likeness (QED) is 0.445. The fraction of sp³-hybridized carbons (Fsp3) is 0.250. The number of nitro benzene ring substituents is 1. The number of hydrogen-bond donors (Lipinski definition) is 2. The third kappa shape index (κ3) is 4.20. The fourth-order valence-electron chi connectivity index (χ4n) is 2.01. The van der Waals surface area contributed by atoms with Crippen molar-refractivity contribution in [2.75, 3.05) is 18.5 Å². The van der Waals surface area contributed by atoms with Crippen LogP contribution in [0.2, 0.25) is 0 Å². The fourth-order valence-corrected chi connectivity index (χ4v) is 2.01. The standard InChI is InChI=1S/C16H18N2O4/c19-11-5-10-17-14-8-4-9-15(16(14)18(20)21)22-12-13-6-2-1-3-7-13/h1-4,6-9,17,19H,5,10-12H2. The van der Waals surface area contributed by atoms with E-state index in [-0.39, 0.29) is 24.7 Å². The summed E-state index contributed by atoms with van der Waals surface area (Å²) in [6, 6.07) is 14.4. The number of nitrogens with zero attached hydrogens (tertiary/aromatic N) is 1. The number of nitro groups is 1. The van der Waals surface area contributed by atoms with Crippen LogP contribution in [0.3, 0.4) is 0 Å². The molecule has 2 aromatic rings. The minimum absolute atomic E-state index is 0.0327. The van der Waals surface area contributed by atoms with Gasteiger partial charge in [-0.25, -0.2) is 0 Å². The van der Waals surface area contributed by atoms with Gasteiger partial charge in [0.25, 0.3) is 0 Å². The van der Waals surface area contributed by atoms with Crippen LogP contribution in [0, 0.1) is 10.1 Å². The van der Waals surface area contributed by atoms with Gasteiger partial charge < -0.3 is 15.2 Å². The lowest BCUT2D eigenvalue weighted by atomic mass is 10.2. The molecule has 2 N–H and O–H groups in total. The van der Waals surface area contributed by atoms with Crippen LogP contribution >= 0.6 is 0 Å². The molecular formula is C16H18N2O4. The van der Waals surface area contributed by atoms with Crippen molar-refractivity contribution in [3.05, 3.63) is 64.2 Å². The molecule has 2 aromatic carbocycles. The first-order valence-electron chi connectivity index (χ1n) is 7.01. The molecule has 0 unspecified atom stereocenters. The summed E-state index contributed by atoms with van der Waals surface area (Å²) < 4.78 is 5.60. The summed E-state index contributed by atoms with van der Waals surface area (Å²) in [6.07, 6.45) is 0.520. The van der Waals surface area contributed by atoms with Crippen LogP contribution in [0.5, 0.6) is 5.75 Å². The largest absolute Gasteiger partial charge is 0.482 e. The van der Waals surface area contributed by atoms with E-state index in [1.165, 1.54) is 0 Å². The number of ether oxygens (including phenoxy) is 1. The lowest BCUT2D eigenvalue weighted by Gasteiger charge is -2.11. The van der Waals surface area contributed by atoms with Gasteiger partial charge in [0, 0.05) is 13.2 Å². The average Bonchev–Trinajstić information content (AvgIpc) is 2.54. The van der Waals surface area contributed by atoms with E-state index in [1.807, 2.05) is 30.3 Å². The van der Waals surface area contributed by atoms with Gasteiger partial charge in [-0.05, 0) is 24.1 Å². The van der Waals surface area contributed by atoms with Gasteiger partial charge in [-0.3, -0.25) is 10.1 Å². The van der Waals surface area contributed by atoms with Crippen molar-refractivity contribution in [1.82, 2.24) is 0 Å². The van der Waals surface area contributed by atoms with Crippen LogP contribution in [0.25, 0.3) is 0 Å². The van der Waals surface area contributed by atoms with Gasteiger partial charge in [0.2, 0.25) is 0 Å². The molecule has 116 valence electrons. The maximum Gasteiger partial charge on any atom is 0.333 e. The monoisotopic (exact) mass is 302 g/mol. The Bertz CT molecular complexity index is 617. The number of rotatable bonds is 8. The van der Waals surface area contributed by atoms with Crippen LogP contribution < -0.4 is 10.1 Å². The zero-order chi connectivity index (χ0) is 15.8. The molecule has 0 amide bonds. The van der Waals surface area contributed by atoms with E-state index in [0.29, 0.717) is 18.7 Å². The summed E-state index contributed by atoms with van der Waals surface area (Å²) >= 11 is 0. The normalized spacial score (nSPS) is 10.2. The first-order chi connectivity index (χ1) is 10.7. The summed E-state index contributed by atoms with van der Waals surface area (Å²) in [5, 5.41) is 23.1. The lowest BCUT2D eigenvalue weighted by Crippen LogP contribution is -2.07. The zero-order valence-electron chi connectivity index (χ0n) is 12.1. The molecule has 0 spiro atoms. The highest BCUT2D eigenvalue weighted by molar-refractivity contribution is 5.68. The van der Waals surface area contributed by atoms with Crippen molar-refractivity contribution in [2.45, 2.75) is 13.0 Å². The van der Waals surface area contributed by atoms with Gasteiger partial charge in [0.15, 0.2) is 5.75 Å². The van der Waals surface area contributed by atoms with Crippen LogP contribution in [0.4, 0.5) is 11.4 Å². The van der Waals surface area contributed by atoms with Crippen molar-refractivity contribution in [2.24, 2.45) is 0 Å². The number of aliphatic hydroxyl groups excluding tert-OH is 1. The number of hydrogen-bond acceptors (Lipinski definition) is 5. The molecule has 0 aromatic heterocycles. The van der Waals surface area contributed by atoms with Crippen molar-refractivity contribution >= 4 is 11.4 Å². The van der Waals surface area contributed by atoms with E-state index in [4.69, 9.17) is 9.84 Å². The highest BCUT2D eigenvalue weighted by atomic mass is 16.6. The van der Waals surface area contributed by atoms with Crippen molar-refractivity contribution in [1.29, 1.82) is 0 Å². The maximum atomic E-state index is 11.3. The molecular weight excluding hydrogens is 284 g/mol. The van der Waals surface area contributed by atoms with E-state index in [1.54, 1.807) is 18.2 Å². The van der Waals surface area contributed by atoms with Crippen molar-refractivity contribution < 1.29 is 14.8 Å². The Morgan fingerprint density at radius 1 is 1.14 bits per heavy atom. The molecule has 0 aliphatic heterocycles. The van der Waals surface area contributed by atoms with Crippen LogP contribution in [-0.2, 0) is 6.61 Å². The molecule has 0 radical (unpaired) electrons. The second-order valence-corrected chi connectivity index (χ2v) is 4.69. The second-order valence-electron chi connectivity index (χ2n) is 4.69. The van der Waals surface area contributed by atoms with Gasteiger partial charge >= 0.3 is 5.69 Å². The van der Waals surface area contributed by atoms with Crippen molar-refractivity contribution in [3.63, 3.8) is 0 Å². The third-order valence-electron chi connectivity index (χ3n) is 3.07. The predicted octanol–water partition coefficient (Wildman–Crippen LogP) is 2.97. The number of para-hydroxylation sites is 1. The Morgan fingerprint density at radius 3 is 2.59 bits per heavy atom. The highest BCUT2D eigenvalue weighted by Gasteiger charge is 2.20. The highest BCUT2D eigenvalue weighted by Crippen LogP contribution is 2.35. The van der Waals surface area contributed by atoms with Crippen LogP contribution in [0.15, 0.2) is 48.5 Å². The molecule has 0 saturated carbocycles. The van der Waals surface area contributed by atoms with E-state index >= 15 is 0 Å². The van der Waals surface area contributed by atoms with E-state index in [2.05, 4.69) is 5.32 Å². The van der Waals surface area contributed by atoms with Crippen molar-refractivity contribution in [3.8, 4) is 5.75 Å². The number of aliphatic hydroxyl groups is 1. The molecule has 0 saturated heterocycles. The van der Waals surface area contributed by atoms with E-state index in [9.17, 15) is 10.1 Å². The van der Waals surface area contributed by atoms with Gasteiger partial charge in [0.05, 0.1) is 4.92 Å². The second kappa shape index (κ2) is 7.99. The molecule has 6 heteroatoms. The topological polar surface area (TPSA) is 84.6 Å². The first-order valence-corrected chi connectivity index (χ1v) is 7.01. The van der Waals surface area contributed by atoms with Gasteiger partial charge in [-0.1, -0.05) is 36.4 Å². The Morgan fingerprint density at radius 2 is 1.91 bits per heavy atom.